The van der Waals surface area contributed by atoms with E-state index in [-0.39, 0.29) is 0 Å². The fraction of sp³-hybridized carbons (Fsp3) is 0.800. The number of hydrogen-bond acceptors (Lipinski definition) is 3. The maximum atomic E-state index is 5.84. The van der Waals surface area contributed by atoms with E-state index in [4.69, 9.17) is 16.3 Å². The van der Waals surface area contributed by atoms with Crippen molar-refractivity contribution < 1.29 is 4.74 Å². The van der Waals surface area contributed by atoms with Crippen molar-refractivity contribution in [2.75, 3.05) is 13.2 Å². The molecule has 0 bridgehead atoms. The van der Waals surface area contributed by atoms with Gasteiger partial charge in [0.15, 0.2) is 0 Å². The molecule has 0 radical (unpaired) electrons. The first kappa shape index (κ1) is 12.5. The Bertz CT molecular complexity index is 279. The Labute approximate surface area is 95.6 Å². The van der Waals surface area contributed by atoms with Crippen molar-refractivity contribution >= 4 is 11.6 Å². The molecule has 0 atom stereocenters. The first-order chi connectivity index (χ1) is 7.11. The van der Waals surface area contributed by atoms with E-state index >= 15 is 0 Å². The van der Waals surface area contributed by atoms with E-state index in [0.29, 0.717) is 17.8 Å². The lowest BCUT2D eigenvalue weighted by Crippen LogP contribution is -2.09. The molecule has 0 amide bonds. The van der Waals surface area contributed by atoms with Crippen LogP contribution >= 0.6 is 11.6 Å². The molecule has 1 aromatic heterocycles. The molecule has 0 saturated carbocycles. The lowest BCUT2D eigenvalue weighted by Gasteiger charge is -2.07. The Kier molecular flexibility index (Phi) is 5.05. The van der Waals surface area contributed by atoms with Crippen LogP contribution in [0.5, 0.6) is 0 Å². The van der Waals surface area contributed by atoms with Crippen molar-refractivity contribution in [1.82, 2.24) is 14.8 Å². The second-order valence-electron chi connectivity index (χ2n) is 3.96. The standard InChI is InChI=1S/C10H18ClN3O/c1-8(2)4-6-15-7-5-14-9(3)12-13-10(14)11/h8H,4-7H2,1-3H3. The quantitative estimate of drug-likeness (QED) is 0.706. The molecule has 5 heteroatoms. The van der Waals surface area contributed by atoms with Crippen LogP contribution in [-0.2, 0) is 11.3 Å². The fourth-order valence-electron chi connectivity index (χ4n) is 1.19. The molecule has 86 valence electrons. The Morgan fingerprint density at radius 2 is 2.07 bits per heavy atom. The number of aryl methyl sites for hydroxylation is 1. The monoisotopic (exact) mass is 231 g/mol. The lowest BCUT2D eigenvalue weighted by molar-refractivity contribution is 0.116. The van der Waals surface area contributed by atoms with Gasteiger partial charge in [-0.1, -0.05) is 13.8 Å². The van der Waals surface area contributed by atoms with Gasteiger partial charge < -0.3 is 4.74 Å². The zero-order chi connectivity index (χ0) is 11.3. The van der Waals surface area contributed by atoms with Gasteiger partial charge in [-0.05, 0) is 30.9 Å². The van der Waals surface area contributed by atoms with Crippen LogP contribution in [0.25, 0.3) is 0 Å². The van der Waals surface area contributed by atoms with Crippen LogP contribution in [0, 0.1) is 12.8 Å². The highest BCUT2D eigenvalue weighted by molar-refractivity contribution is 6.28. The van der Waals surface area contributed by atoms with E-state index < -0.39 is 0 Å². The molecule has 0 N–H and O–H groups in total. The third-order valence-corrected chi connectivity index (χ3v) is 2.47. The number of ether oxygens (including phenoxy) is 1. The SMILES string of the molecule is Cc1nnc(Cl)n1CCOCCC(C)C. The normalized spacial score (nSPS) is 11.3. The van der Waals surface area contributed by atoms with Crippen LogP contribution in [0.1, 0.15) is 26.1 Å². The summed E-state index contributed by atoms with van der Waals surface area (Å²) in [5.74, 6) is 1.51. The average Bonchev–Trinajstić information content (AvgIpc) is 2.47. The highest BCUT2D eigenvalue weighted by Gasteiger charge is 2.04. The predicted octanol–water partition coefficient (Wildman–Crippen LogP) is 2.30. The van der Waals surface area contributed by atoms with E-state index in [1.54, 1.807) is 0 Å². The number of hydrogen-bond donors (Lipinski definition) is 0. The van der Waals surface area contributed by atoms with Gasteiger partial charge in [0.2, 0.25) is 5.28 Å². The molecular formula is C10H18ClN3O. The molecule has 1 rings (SSSR count). The molecule has 15 heavy (non-hydrogen) atoms. The predicted molar refractivity (Wildman–Crippen MR) is 60.0 cm³/mol. The van der Waals surface area contributed by atoms with Gasteiger partial charge in [0.05, 0.1) is 13.2 Å². The van der Waals surface area contributed by atoms with Crippen molar-refractivity contribution in [3.05, 3.63) is 11.1 Å². The summed E-state index contributed by atoms with van der Waals surface area (Å²) in [5.41, 5.74) is 0. The van der Waals surface area contributed by atoms with Gasteiger partial charge in [-0.15, -0.1) is 10.2 Å². The lowest BCUT2D eigenvalue weighted by atomic mass is 10.1. The molecule has 0 aromatic carbocycles. The first-order valence-corrected chi connectivity index (χ1v) is 5.62. The average molecular weight is 232 g/mol. The minimum Gasteiger partial charge on any atom is -0.380 e. The van der Waals surface area contributed by atoms with Gasteiger partial charge in [-0.25, -0.2) is 0 Å². The molecule has 0 spiro atoms. The second kappa shape index (κ2) is 6.08. The van der Waals surface area contributed by atoms with E-state index in [9.17, 15) is 0 Å². The number of nitrogens with zero attached hydrogens (tertiary/aromatic N) is 3. The van der Waals surface area contributed by atoms with Crippen molar-refractivity contribution in [1.29, 1.82) is 0 Å². The third-order valence-electron chi connectivity index (χ3n) is 2.19. The van der Waals surface area contributed by atoms with Gasteiger partial charge in [-0.3, -0.25) is 4.57 Å². The smallest absolute Gasteiger partial charge is 0.225 e. The summed E-state index contributed by atoms with van der Waals surface area (Å²) < 4.78 is 7.34. The Hall–Kier alpha value is -0.610. The zero-order valence-electron chi connectivity index (χ0n) is 9.53. The molecule has 0 aliphatic carbocycles. The molecule has 1 aromatic rings. The highest BCUT2D eigenvalue weighted by atomic mass is 35.5. The molecule has 1 heterocycles. The fourth-order valence-corrected chi connectivity index (χ4v) is 1.43. The van der Waals surface area contributed by atoms with E-state index in [1.165, 1.54) is 0 Å². The molecular weight excluding hydrogens is 214 g/mol. The first-order valence-electron chi connectivity index (χ1n) is 5.24. The van der Waals surface area contributed by atoms with Gasteiger partial charge >= 0.3 is 0 Å². The second-order valence-corrected chi connectivity index (χ2v) is 4.30. The number of halogens is 1. The van der Waals surface area contributed by atoms with Crippen molar-refractivity contribution in [2.24, 2.45) is 5.92 Å². The largest absolute Gasteiger partial charge is 0.380 e. The summed E-state index contributed by atoms with van der Waals surface area (Å²) in [6.45, 7) is 8.43. The Morgan fingerprint density at radius 3 is 2.60 bits per heavy atom. The summed E-state index contributed by atoms with van der Waals surface area (Å²) >= 11 is 5.84. The maximum Gasteiger partial charge on any atom is 0.225 e. The van der Waals surface area contributed by atoms with Gasteiger partial charge in [0, 0.05) is 6.61 Å². The van der Waals surface area contributed by atoms with Crippen LogP contribution in [-0.4, -0.2) is 28.0 Å². The molecule has 0 fully saturated rings. The Morgan fingerprint density at radius 1 is 1.33 bits per heavy atom. The Balaban J connectivity index is 2.20. The van der Waals surface area contributed by atoms with Gasteiger partial charge in [0.25, 0.3) is 0 Å². The summed E-state index contributed by atoms with van der Waals surface area (Å²) in [6, 6.07) is 0. The topological polar surface area (TPSA) is 39.9 Å². The molecule has 0 unspecified atom stereocenters. The van der Waals surface area contributed by atoms with Crippen LogP contribution in [0.4, 0.5) is 0 Å². The van der Waals surface area contributed by atoms with Crippen LogP contribution in [0.2, 0.25) is 5.28 Å². The summed E-state index contributed by atoms with van der Waals surface area (Å²) in [5, 5.41) is 8.07. The summed E-state index contributed by atoms with van der Waals surface area (Å²) in [7, 11) is 0. The van der Waals surface area contributed by atoms with Crippen molar-refractivity contribution in [3.8, 4) is 0 Å². The van der Waals surface area contributed by atoms with E-state index in [0.717, 1.165) is 25.4 Å². The molecule has 4 nitrogen and oxygen atoms in total. The summed E-state index contributed by atoms with van der Waals surface area (Å²) in [4.78, 5) is 0. The maximum absolute atomic E-state index is 5.84. The van der Waals surface area contributed by atoms with Crippen LogP contribution in [0.15, 0.2) is 0 Å². The number of rotatable bonds is 6. The van der Waals surface area contributed by atoms with Crippen LogP contribution in [0.3, 0.4) is 0 Å². The van der Waals surface area contributed by atoms with E-state index in [1.807, 2.05) is 11.5 Å². The van der Waals surface area contributed by atoms with Crippen LogP contribution < -0.4 is 0 Å². The van der Waals surface area contributed by atoms with Gasteiger partial charge in [0.1, 0.15) is 5.82 Å². The highest BCUT2D eigenvalue weighted by Crippen LogP contribution is 2.07. The van der Waals surface area contributed by atoms with Crippen molar-refractivity contribution in [2.45, 2.75) is 33.7 Å². The molecule has 0 saturated heterocycles. The molecule has 0 aliphatic heterocycles. The van der Waals surface area contributed by atoms with Crippen molar-refractivity contribution in [3.63, 3.8) is 0 Å². The zero-order valence-corrected chi connectivity index (χ0v) is 10.3. The minimum atomic E-state index is 0.431. The van der Waals surface area contributed by atoms with Gasteiger partial charge in [-0.2, -0.15) is 0 Å². The summed E-state index contributed by atoms with van der Waals surface area (Å²) in [6.07, 6.45) is 1.09. The molecule has 0 aliphatic rings. The third kappa shape index (κ3) is 4.18. The van der Waals surface area contributed by atoms with E-state index in [2.05, 4.69) is 24.0 Å². The number of aromatic nitrogens is 3. The minimum absolute atomic E-state index is 0.431.